The van der Waals surface area contributed by atoms with E-state index in [2.05, 4.69) is 56.5 Å². The summed E-state index contributed by atoms with van der Waals surface area (Å²) < 4.78 is 26.0. The number of hydrogen-bond acceptors (Lipinski definition) is 5. The highest BCUT2D eigenvalue weighted by atomic mass is 127. The Morgan fingerprint density at radius 2 is 1.88 bits per heavy atom. The number of methoxy groups -OCH3 is 1. The monoisotopic (exact) mass is 589 g/mol. The van der Waals surface area contributed by atoms with Gasteiger partial charge in [0.25, 0.3) is 0 Å². The minimum Gasteiger partial charge on any atom is -0.496 e. The van der Waals surface area contributed by atoms with E-state index in [4.69, 9.17) is 18.6 Å². The van der Waals surface area contributed by atoms with Crippen LogP contribution in [0.25, 0.3) is 6.08 Å². The zero-order valence-corrected chi connectivity index (χ0v) is 24.7. The molecule has 1 aromatic rings. The summed E-state index contributed by atoms with van der Waals surface area (Å²) in [6, 6.07) is 5.56. The van der Waals surface area contributed by atoms with Gasteiger partial charge >= 0.3 is 6.09 Å². The summed E-state index contributed by atoms with van der Waals surface area (Å²) in [6.07, 6.45) is 2.19. The molecule has 1 aliphatic heterocycles. The third kappa shape index (κ3) is 7.61. The molecule has 6 nitrogen and oxygen atoms in total. The van der Waals surface area contributed by atoms with E-state index in [0.29, 0.717) is 19.6 Å². The Kier molecular flexibility index (Phi) is 9.32. The molecule has 0 unspecified atom stereocenters. The summed E-state index contributed by atoms with van der Waals surface area (Å²) in [4.78, 5) is 14.8. The minimum absolute atomic E-state index is 0.0787. The first-order valence-corrected chi connectivity index (χ1v) is 15.6. The molecule has 186 valence electrons. The Labute approximate surface area is 214 Å². The number of carbonyl (C=O) groups excluding carboxylic acids is 1. The number of hydrogen-bond donors (Lipinski definition) is 0. The second kappa shape index (κ2) is 11.0. The number of nitrogens with zero attached hydrogens (tertiary/aromatic N) is 1. The van der Waals surface area contributed by atoms with Crippen molar-refractivity contribution in [1.29, 1.82) is 0 Å². The number of ether oxygens (including phenoxy) is 3. The van der Waals surface area contributed by atoms with Crippen LogP contribution in [0, 0.1) is 0 Å². The van der Waals surface area contributed by atoms with Gasteiger partial charge in [-0.15, -0.1) is 0 Å². The van der Waals surface area contributed by atoms with Crippen molar-refractivity contribution < 1.29 is 23.4 Å². The Morgan fingerprint density at radius 1 is 1.21 bits per heavy atom. The molecule has 0 saturated carbocycles. The van der Waals surface area contributed by atoms with Crippen LogP contribution in [0.4, 0.5) is 4.79 Å². The number of halogens is 1. The summed E-state index contributed by atoms with van der Waals surface area (Å²) in [5.41, 5.74) is 0.387. The summed E-state index contributed by atoms with van der Waals surface area (Å²) >= 11 is 2.19. The lowest BCUT2D eigenvalue weighted by Gasteiger charge is -2.38. The number of rotatable bonds is 7. The molecule has 1 fully saturated rings. The normalized spacial score (nSPS) is 19.8. The quantitative estimate of drug-likeness (QED) is 0.257. The van der Waals surface area contributed by atoms with Gasteiger partial charge in [0.2, 0.25) is 0 Å². The summed E-state index contributed by atoms with van der Waals surface area (Å²) in [5.74, 6) is 1.53. The fraction of sp³-hybridized carbons (Fsp3) is 0.640. The van der Waals surface area contributed by atoms with Crippen LogP contribution in [-0.2, 0) is 9.16 Å². The minimum atomic E-state index is -2.00. The van der Waals surface area contributed by atoms with Gasteiger partial charge < -0.3 is 18.6 Å². The van der Waals surface area contributed by atoms with Crippen LogP contribution in [0.3, 0.4) is 0 Å². The van der Waals surface area contributed by atoms with E-state index >= 15 is 0 Å². The molecule has 8 heteroatoms. The highest BCUT2D eigenvalue weighted by Gasteiger charge is 2.44. The maximum Gasteiger partial charge on any atom is 0.410 e. The van der Waals surface area contributed by atoms with Gasteiger partial charge in [-0.1, -0.05) is 43.4 Å². The summed E-state index contributed by atoms with van der Waals surface area (Å²) in [5, 5.41) is 0.0787. The van der Waals surface area contributed by atoms with E-state index in [0.717, 1.165) is 17.1 Å². The molecule has 1 aromatic carbocycles. The molecule has 33 heavy (non-hydrogen) atoms. The van der Waals surface area contributed by atoms with Gasteiger partial charge in [-0.2, -0.15) is 0 Å². The maximum absolute atomic E-state index is 13.0. The molecule has 0 spiro atoms. The van der Waals surface area contributed by atoms with E-state index in [1.54, 1.807) is 12.0 Å². The molecule has 0 aromatic heterocycles. The molecule has 0 bridgehead atoms. The SMILES string of the molecule is COc1ccc(O[C@H]2CCN(C(=O)OC(C)(C)C)[C@@H]2CO[Si](C)(C)C(C)(C)C)cc1/C=C\I. The Morgan fingerprint density at radius 3 is 2.42 bits per heavy atom. The van der Waals surface area contributed by atoms with Crippen molar-refractivity contribution >= 4 is 43.1 Å². The number of amides is 1. The van der Waals surface area contributed by atoms with E-state index in [1.807, 2.05) is 49.1 Å². The fourth-order valence-electron chi connectivity index (χ4n) is 3.38. The van der Waals surface area contributed by atoms with E-state index in [1.165, 1.54) is 0 Å². The Hall–Kier alpha value is -1.26. The number of carbonyl (C=O) groups is 1. The fourth-order valence-corrected chi connectivity index (χ4v) is 4.78. The maximum atomic E-state index is 13.0. The third-order valence-corrected chi connectivity index (χ3v) is 11.1. The van der Waals surface area contributed by atoms with Crippen LogP contribution in [0.2, 0.25) is 18.1 Å². The van der Waals surface area contributed by atoms with Crippen LogP contribution in [0.5, 0.6) is 11.5 Å². The highest BCUT2D eigenvalue weighted by molar-refractivity contribution is 14.1. The van der Waals surface area contributed by atoms with Crippen molar-refractivity contribution in [3.05, 3.63) is 27.8 Å². The highest BCUT2D eigenvalue weighted by Crippen LogP contribution is 2.37. The summed E-state index contributed by atoms with van der Waals surface area (Å²) in [6.45, 7) is 17.7. The molecule has 1 heterocycles. The van der Waals surface area contributed by atoms with Crippen molar-refractivity contribution in [1.82, 2.24) is 4.90 Å². The average Bonchev–Trinajstić information content (AvgIpc) is 3.07. The van der Waals surface area contributed by atoms with Crippen LogP contribution >= 0.6 is 22.6 Å². The molecular weight excluding hydrogens is 549 g/mol. The van der Waals surface area contributed by atoms with E-state index < -0.39 is 13.9 Å². The second-order valence-corrected chi connectivity index (χ2v) is 16.5. The largest absolute Gasteiger partial charge is 0.496 e. The van der Waals surface area contributed by atoms with Gasteiger partial charge in [-0.3, -0.25) is 4.90 Å². The predicted octanol–water partition coefficient (Wildman–Crippen LogP) is 6.88. The molecular formula is C25H40INO5Si. The van der Waals surface area contributed by atoms with Crippen LogP contribution in [0.1, 0.15) is 53.5 Å². The van der Waals surface area contributed by atoms with Gasteiger partial charge in [0.05, 0.1) is 19.8 Å². The third-order valence-electron chi connectivity index (χ3n) is 6.26. The van der Waals surface area contributed by atoms with E-state index in [-0.39, 0.29) is 23.3 Å². The molecule has 1 saturated heterocycles. The van der Waals surface area contributed by atoms with Crippen LogP contribution < -0.4 is 9.47 Å². The standard InChI is InChI=1S/C25H40INO5Si/c1-24(2,3)32-23(28)27-15-13-22(20(27)17-30-33(8,9)25(4,5)6)31-19-10-11-21(29-7)18(16-19)12-14-26/h10-12,14,16,20,22H,13,15,17H2,1-9H3/b14-12-/t20-,22+/m1/s1. The van der Waals surface area contributed by atoms with Crippen molar-refractivity contribution in [3.63, 3.8) is 0 Å². The molecule has 0 N–H and O–H groups in total. The number of likely N-dealkylation sites (tertiary alicyclic amines) is 1. The lowest BCUT2D eigenvalue weighted by atomic mass is 10.1. The van der Waals surface area contributed by atoms with Crippen molar-refractivity contribution in [2.75, 3.05) is 20.3 Å². The predicted molar refractivity (Wildman–Crippen MR) is 145 cm³/mol. The average molecular weight is 590 g/mol. The first-order chi connectivity index (χ1) is 15.2. The Bertz CT molecular complexity index is 844. The van der Waals surface area contributed by atoms with Crippen LogP contribution in [-0.4, -0.2) is 57.3 Å². The lowest BCUT2D eigenvalue weighted by Crippen LogP contribution is -2.50. The van der Waals surface area contributed by atoms with E-state index in [9.17, 15) is 4.79 Å². The summed E-state index contributed by atoms with van der Waals surface area (Å²) in [7, 11) is -0.341. The van der Waals surface area contributed by atoms with Crippen molar-refractivity contribution in [2.45, 2.75) is 83.8 Å². The molecule has 1 aliphatic rings. The topological polar surface area (TPSA) is 57.2 Å². The number of benzene rings is 1. The molecule has 2 atom stereocenters. The van der Waals surface area contributed by atoms with Gasteiger partial charge in [0.15, 0.2) is 8.32 Å². The van der Waals surface area contributed by atoms with Gasteiger partial charge in [-0.25, -0.2) is 4.79 Å². The molecule has 2 rings (SSSR count). The van der Waals surface area contributed by atoms with Gasteiger partial charge in [-0.05, 0) is 67.3 Å². The lowest BCUT2D eigenvalue weighted by molar-refractivity contribution is 0.0100. The van der Waals surface area contributed by atoms with Gasteiger partial charge in [0, 0.05) is 18.5 Å². The zero-order chi connectivity index (χ0) is 25.0. The first kappa shape index (κ1) is 28.0. The van der Waals surface area contributed by atoms with Gasteiger partial charge in [0.1, 0.15) is 23.2 Å². The molecule has 0 radical (unpaired) electrons. The van der Waals surface area contributed by atoms with Crippen LogP contribution in [0.15, 0.2) is 22.3 Å². The second-order valence-electron chi connectivity index (χ2n) is 11.0. The molecule has 1 amide bonds. The van der Waals surface area contributed by atoms with Crippen molar-refractivity contribution in [3.8, 4) is 11.5 Å². The first-order valence-electron chi connectivity index (χ1n) is 11.4. The smallest absolute Gasteiger partial charge is 0.410 e. The molecule has 0 aliphatic carbocycles. The zero-order valence-electron chi connectivity index (χ0n) is 21.5. The van der Waals surface area contributed by atoms with Crippen molar-refractivity contribution in [2.24, 2.45) is 0 Å². The Balaban J connectivity index is 2.28.